The smallest absolute Gasteiger partial charge is 0.439 e. The van der Waals surface area contributed by atoms with Crippen molar-refractivity contribution in [3.8, 4) is 34.3 Å². The number of methoxy groups -OCH3 is 1. The van der Waals surface area contributed by atoms with E-state index in [4.69, 9.17) is 9.72 Å². The van der Waals surface area contributed by atoms with Gasteiger partial charge in [0.25, 0.3) is 5.56 Å². The van der Waals surface area contributed by atoms with Crippen LogP contribution >= 0.6 is 0 Å². The van der Waals surface area contributed by atoms with E-state index in [-0.39, 0.29) is 17.4 Å². The number of aromatic nitrogens is 7. The summed E-state index contributed by atoms with van der Waals surface area (Å²) < 4.78 is 11.4. The zero-order chi connectivity index (χ0) is 28.9. The summed E-state index contributed by atoms with van der Waals surface area (Å²) in [4.78, 5) is 46.6. The van der Waals surface area contributed by atoms with E-state index in [0.29, 0.717) is 47.1 Å². The Morgan fingerprint density at radius 1 is 1.00 bits per heavy atom. The molecule has 210 valence electrons. The molecule has 5 rings (SSSR count). The summed E-state index contributed by atoms with van der Waals surface area (Å²) >= 11 is 0. The molecule has 1 N–H and O–H groups in total. The van der Waals surface area contributed by atoms with Gasteiger partial charge in [-0.3, -0.25) is 19.3 Å². The molecule has 0 fully saturated rings. The van der Waals surface area contributed by atoms with Crippen LogP contribution in [0, 0.1) is 0 Å². The SMILES string of the molecule is CCCCc1nc(C(C)C)n(-c2ncc(OC)cn2)c(=O)c1Cc1ccc(-c2ccccc2-c2noc(=O)[nH]2)nc1. The van der Waals surface area contributed by atoms with E-state index in [0.717, 1.165) is 29.7 Å². The van der Waals surface area contributed by atoms with Crippen molar-refractivity contribution in [2.75, 3.05) is 7.11 Å². The Bertz CT molecular complexity index is 1750. The Labute approximate surface area is 236 Å². The third-order valence-electron chi connectivity index (χ3n) is 6.73. The number of ether oxygens (including phenoxy) is 1. The number of rotatable bonds is 10. The first kappa shape index (κ1) is 27.6. The number of pyridine rings is 1. The molecule has 41 heavy (non-hydrogen) atoms. The molecule has 5 aromatic rings. The average molecular weight is 554 g/mol. The highest BCUT2D eigenvalue weighted by Gasteiger charge is 2.21. The quantitative estimate of drug-likeness (QED) is 0.265. The maximum absolute atomic E-state index is 14.1. The van der Waals surface area contributed by atoms with Crippen LogP contribution in [-0.2, 0) is 12.8 Å². The minimum Gasteiger partial charge on any atom is -0.494 e. The average Bonchev–Trinajstić information content (AvgIpc) is 3.43. The first-order valence-corrected chi connectivity index (χ1v) is 13.5. The molecule has 0 spiro atoms. The van der Waals surface area contributed by atoms with E-state index in [1.165, 1.54) is 4.57 Å². The molecule has 0 atom stereocenters. The van der Waals surface area contributed by atoms with Crippen LogP contribution in [0.15, 0.2) is 69.1 Å². The van der Waals surface area contributed by atoms with Crippen LogP contribution in [0.25, 0.3) is 28.6 Å². The number of hydrogen-bond donors (Lipinski definition) is 1. The first-order chi connectivity index (χ1) is 19.9. The van der Waals surface area contributed by atoms with Gasteiger partial charge in [-0.2, -0.15) is 0 Å². The summed E-state index contributed by atoms with van der Waals surface area (Å²) in [5, 5.41) is 3.82. The third kappa shape index (κ3) is 5.84. The Morgan fingerprint density at radius 2 is 1.76 bits per heavy atom. The lowest BCUT2D eigenvalue weighted by Gasteiger charge is -2.18. The number of aryl methyl sites for hydroxylation is 1. The van der Waals surface area contributed by atoms with Crippen LogP contribution < -0.4 is 16.1 Å². The number of nitrogens with one attached hydrogen (secondary N) is 1. The van der Waals surface area contributed by atoms with Crippen LogP contribution in [0.1, 0.15) is 62.2 Å². The van der Waals surface area contributed by atoms with Crippen molar-refractivity contribution < 1.29 is 9.26 Å². The number of H-pyrrole nitrogens is 1. The summed E-state index contributed by atoms with van der Waals surface area (Å²) in [5.41, 5.74) is 4.22. The topological polar surface area (TPSA) is 142 Å². The predicted molar refractivity (Wildman–Crippen MR) is 153 cm³/mol. The Morgan fingerprint density at radius 3 is 2.37 bits per heavy atom. The van der Waals surface area contributed by atoms with Gasteiger partial charge < -0.3 is 4.74 Å². The van der Waals surface area contributed by atoms with E-state index in [2.05, 4.69) is 36.5 Å². The number of hydrogen-bond acceptors (Lipinski definition) is 9. The summed E-state index contributed by atoms with van der Waals surface area (Å²) in [6, 6.07) is 11.3. The molecule has 1 aromatic carbocycles. The standard InChI is InChI=1S/C30H31N7O4/c1-5-6-11-25-23(28(38)37(27(34-25)18(2)3)29-32-16-20(40-4)17-33-29)14-19-12-13-24(31-15-19)21-9-7-8-10-22(21)26-35-30(39)41-36-26/h7-10,12-13,15-18H,5-6,11,14H2,1-4H3,(H,35,36,39). The van der Waals surface area contributed by atoms with Gasteiger partial charge in [-0.25, -0.2) is 24.3 Å². The molecule has 4 aromatic heterocycles. The minimum atomic E-state index is -0.625. The van der Waals surface area contributed by atoms with Crippen LogP contribution in [0.3, 0.4) is 0 Å². The van der Waals surface area contributed by atoms with Gasteiger partial charge in [-0.1, -0.05) is 62.7 Å². The highest BCUT2D eigenvalue weighted by atomic mass is 16.5. The van der Waals surface area contributed by atoms with Gasteiger partial charge in [-0.05, 0) is 24.5 Å². The van der Waals surface area contributed by atoms with Crippen molar-refractivity contribution in [2.24, 2.45) is 0 Å². The largest absolute Gasteiger partial charge is 0.494 e. The minimum absolute atomic E-state index is 0.0245. The monoisotopic (exact) mass is 553 g/mol. The van der Waals surface area contributed by atoms with Crippen molar-refractivity contribution in [3.63, 3.8) is 0 Å². The van der Waals surface area contributed by atoms with Gasteiger partial charge in [0, 0.05) is 35.2 Å². The molecule has 0 aliphatic carbocycles. The molecule has 0 amide bonds. The zero-order valence-corrected chi connectivity index (χ0v) is 23.4. The van der Waals surface area contributed by atoms with Gasteiger partial charge in [0.1, 0.15) is 5.82 Å². The fraction of sp³-hybridized carbons (Fsp3) is 0.300. The maximum Gasteiger partial charge on any atom is 0.439 e. The van der Waals surface area contributed by atoms with E-state index in [1.54, 1.807) is 25.7 Å². The molecule has 0 radical (unpaired) electrons. The number of benzene rings is 1. The highest BCUT2D eigenvalue weighted by Crippen LogP contribution is 2.28. The molecular formula is C30H31N7O4. The molecule has 11 heteroatoms. The molecule has 0 unspecified atom stereocenters. The summed E-state index contributed by atoms with van der Waals surface area (Å²) in [6.45, 7) is 6.12. The highest BCUT2D eigenvalue weighted by molar-refractivity contribution is 5.78. The normalized spacial score (nSPS) is 11.2. The molecule has 0 aliphatic heterocycles. The predicted octanol–water partition coefficient (Wildman–Crippen LogP) is 4.49. The summed E-state index contributed by atoms with van der Waals surface area (Å²) in [7, 11) is 1.54. The number of aromatic amines is 1. The number of unbranched alkanes of at least 4 members (excludes halogenated alkanes) is 1. The molecule has 0 aliphatic rings. The van der Waals surface area contributed by atoms with Gasteiger partial charge in [0.05, 0.1) is 30.9 Å². The number of nitrogens with zero attached hydrogens (tertiary/aromatic N) is 6. The second kappa shape index (κ2) is 12.1. The molecule has 4 heterocycles. The van der Waals surface area contributed by atoms with Crippen molar-refractivity contribution >= 4 is 0 Å². The summed E-state index contributed by atoms with van der Waals surface area (Å²) in [5.74, 6) is 1.05. The Kier molecular flexibility index (Phi) is 8.14. The second-order valence-electron chi connectivity index (χ2n) is 9.93. The lowest BCUT2D eigenvalue weighted by atomic mass is 10.00. The van der Waals surface area contributed by atoms with Gasteiger partial charge >= 0.3 is 5.76 Å². The van der Waals surface area contributed by atoms with Crippen molar-refractivity contribution in [1.82, 2.24) is 34.6 Å². The van der Waals surface area contributed by atoms with Crippen molar-refractivity contribution in [1.29, 1.82) is 0 Å². The lowest BCUT2D eigenvalue weighted by Crippen LogP contribution is -2.31. The van der Waals surface area contributed by atoms with Crippen LogP contribution in [0.2, 0.25) is 0 Å². The van der Waals surface area contributed by atoms with Crippen LogP contribution in [-0.4, -0.2) is 41.8 Å². The van der Waals surface area contributed by atoms with E-state index < -0.39 is 5.76 Å². The molecular weight excluding hydrogens is 522 g/mol. The lowest BCUT2D eigenvalue weighted by molar-refractivity contribution is 0.388. The fourth-order valence-electron chi connectivity index (χ4n) is 4.61. The van der Waals surface area contributed by atoms with Gasteiger partial charge in [0.15, 0.2) is 11.6 Å². The van der Waals surface area contributed by atoms with Crippen LogP contribution in [0.4, 0.5) is 0 Å². The van der Waals surface area contributed by atoms with Crippen LogP contribution in [0.5, 0.6) is 5.75 Å². The van der Waals surface area contributed by atoms with Crippen molar-refractivity contribution in [3.05, 3.63) is 98.5 Å². The van der Waals surface area contributed by atoms with E-state index in [9.17, 15) is 9.59 Å². The zero-order valence-electron chi connectivity index (χ0n) is 23.4. The first-order valence-electron chi connectivity index (χ1n) is 13.5. The van der Waals surface area contributed by atoms with E-state index >= 15 is 0 Å². The third-order valence-corrected chi connectivity index (χ3v) is 6.73. The molecule has 11 nitrogen and oxygen atoms in total. The maximum atomic E-state index is 14.1. The Hall–Kier alpha value is -4.93. The second-order valence-corrected chi connectivity index (χ2v) is 9.93. The molecule has 0 saturated carbocycles. The van der Waals surface area contributed by atoms with E-state index in [1.807, 2.05) is 50.2 Å². The van der Waals surface area contributed by atoms with Gasteiger partial charge in [-0.15, -0.1) is 0 Å². The van der Waals surface area contributed by atoms with Crippen molar-refractivity contribution in [2.45, 2.75) is 52.4 Å². The van der Waals surface area contributed by atoms with Gasteiger partial charge in [0.2, 0.25) is 5.95 Å². The fourth-order valence-corrected chi connectivity index (χ4v) is 4.61. The summed E-state index contributed by atoms with van der Waals surface area (Å²) in [6.07, 6.45) is 7.78. The molecule has 0 saturated heterocycles. The Balaban J connectivity index is 1.55. The molecule has 0 bridgehead atoms.